The quantitative estimate of drug-likeness (QED) is 0.255. The van der Waals surface area contributed by atoms with Gasteiger partial charge in [-0.15, -0.1) is 11.8 Å². The average Bonchev–Trinajstić information content (AvgIpc) is 2.87. The van der Waals surface area contributed by atoms with E-state index in [-0.39, 0.29) is 17.6 Å². The zero-order valence-corrected chi connectivity index (χ0v) is 23.8. The second-order valence-corrected chi connectivity index (χ2v) is 11.4. The van der Waals surface area contributed by atoms with Crippen LogP contribution in [0.25, 0.3) is 0 Å². The lowest BCUT2D eigenvalue weighted by Crippen LogP contribution is -2.51. The molecule has 1 atom stereocenters. The molecule has 2 amide bonds. The molecule has 0 fully saturated rings. The van der Waals surface area contributed by atoms with Crippen LogP contribution in [0.3, 0.4) is 0 Å². The fourth-order valence-electron chi connectivity index (χ4n) is 3.71. The Morgan fingerprint density at radius 3 is 2.28 bits per heavy atom. The summed E-state index contributed by atoms with van der Waals surface area (Å²) in [6.07, 6.45) is 0.447. The van der Waals surface area contributed by atoms with Crippen molar-refractivity contribution in [3.05, 3.63) is 105 Å². The Morgan fingerprint density at radius 2 is 1.61 bits per heavy atom. The van der Waals surface area contributed by atoms with Crippen molar-refractivity contribution in [3.63, 3.8) is 0 Å². The first-order valence-electron chi connectivity index (χ1n) is 12.0. The maximum absolute atomic E-state index is 13.6. The van der Waals surface area contributed by atoms with Gasteiger partial charge in [-0.1, -0.05) is 102 Å². The molecule has 0 bridgehead atoms. The maximum Gasteiger partial charge on any atom is 0.243 e. The molecule has 0 aliphatic carbocycles. The molecule has 0 aliphatic rings. The number of nitrogens with one attached hydrogen (secondary N) is 1. The third kappa shape index (κ3) is 8.99. The minimum absolute atomic E-state index is 0.0735. The molecule has 0 heterocycles. The summed E-state index contributed by atoms with van der Waals surface area (Å²) in [6, 6.07) is 24.8. The van der Waals surface area contributed by atoms with Gasteiger partial charge in [0.15, 0.2) is 0 Å². The fraction of sp³-hybridized carbons (Fsp3) is 0.310. The number of carbonyl (C=O) groups excluding carboxylic acids is 2. The monoisotopic (exact) mass is 586 g/mol. The highest BCUT2D eigenvalue weighted by atomic mass is 79.9. The number of benzene rings is 3. The van der Waals surface area contributed by atoms with Crippen LogP contribution < -0.4 is 5.32 Å². The summed E-state index contributed by atoms with van der Waals surface area (Å²) in [5.74, 6) is 0.989. The molecule has 3 aromatic carbocycles. The summed E-state index contributed by atoms with van der Waals surface area (Å²) in [5.41, 5.74) is 2.98. The SMILES string of the molecule is CC(C)CNC(=O)[C@@H](Cc1ccccc1)N(Cc1ccc(Br)cc1)C(=O)CSCc1ccccc1Cl. The second kappa shape index (κ2) is 14.5. The molecule has 1 N–H and O–H groups in total. The summed E-state index contributed by atoms with van der Waals surface area (Å²) in [7, 11) is 0. The first-order chi connectivity index (χ1) is 17.3. The van der Waals surface area contributed by atoms with Crippen molar-refractivity contribution in [2.24, 2.45) is 5.92 Å². The molecule has 0 spiro atoms. The highest BCUT2D eigenvalue weighted by molar-refractivity contribution is 9.10. The van der Waals surface area contributed by atoms with Gasteiger partial charge in [-0.3, -0.25) is 9.59 Å². The highest BCUT2D eigenvalue weighted by Crippen LogP contribution is 2.23. The van der Waals surface area contributed by atoms with E-state index in [4.69, 9.17) is 11.6 Å². The summed E-state index contributed by atoms with van der Waals surface area (Å²) in [5, 5.41) is 3.75. The number of amides is 2. The normalized spacial score (nSPS) is 11.8. The molecule has 190 valence electrons. The van der Waals surface area contributed by atoms with Gasteiger partial charge in [-0.05, 0) is 40.8 Å². The average molecular weight is 588 g/mol. The molecule has 7 heteroatoms. The van der Waals surface area contributed by atoms with E-state index in [1.807, 2.05) is 78.9 Å². The lowest BCUT2D eigenvalue weighted by Gasteiger charge is -2.32. The van der Waals surface area contributed by atoms with E-state index in [0.717, 1.165) is 21.2 Å². The van der Waals surface area contributed by atoms with Gasteiger partial charge in [0, 0.05) is 34.8 Å². The predicted molar refractivity (Wildman–Crippen MR) is 154 cm³/mol. The van der Waals surface area contributed by atoms with E-state index >= 15 is 0 Å². The third-order valence-corrected chi connectivity index (χ3v) is 7.53. The smallest absolute Gasteiger partial charge is 0.243 e. The van der Waals surface area contributed by atoms with Crippen LogP contribution in [0, 0.1) is 5.92 Å². The molecule has 0 saturated heterocycles. The number of carbonyl (C=O) groups is 2. The Labute approximate surface area is 231 Å². The molecular weight excluding hydrogens is 556 g/mol. The Morgan fingerprint density at radius 1 is 0.944 bits per heavy atom. The van der Waals surface area contributed by atoms with Crippen LogP contribution in [-0.2, 0) is 28.3 Å². The molecule has 0 aliphatic heterocycles. The number of rotatable bonds is 12. The Hall–Kier alpha value is -2.28. The predicted octanol–water partition coefficient (Wildman–Crippen LogP) is 6.75. The molecule has 0 saturated carbocycles. The molecule has 3 rings (SSSR count). The number of hydrogen-bond donors (Lipinski definition) is 1. The van der Waals surface area contributed by atoms with Crippen LogP contribution >= 0.6 is 39.3 Å². The Bertz CT molecular complexity index is 1130. The van der Waals surface area contributed by atoms with Crippen LogP contribution in [0.15, 0.2) is 83.3 Å². The second-order valence-electron chi connectivity index (χ2n) is 9.08. The zero-order chi connectivity index (χ0) is 25.9. The Kier molecular flexibility index (Phi) is 11.4. The van der Waals surface area contributed by atoms with Gasteiger partial charge in [0.1, 0.15) is 6.04 Å². The van der Waals surface area contributed by atoms with E-state index in [0.29, 0.717) is 36.2 Å². The van der Waals surface area contributed by atoms with Crippen LogP contribution in [-0.4, -0.2) is 35.1 Å². The molecule has 0 unspecified atom stereocenters. The van der Waals surface area contributed by atoms with Crippen molar-refractivity contribution in [1.82, 2.24) is 10.2 Å². The van der Waals surface area contributed by atoms with Crippen LogP contribution in [0.2, 0.25) is 5.02 Å². The molecule has 0 aromatic heterocycles. The fourth-order valence-corrected chi connectivity index (χ4v) is 5.17. The first kappa shape index (κ1) is 28.3. The van der Waals surface area contributed by atoms with Crippen LogP contribution in [0.4, 0.5) is 0 Å². The van der Waals surface area contributed by atoms with Gasteiger partial charge in [-0.2, -0.15) is 0 Å². The van der Waals surface area contributed by atoms with Crippen LogP contribution in [0.1, 0.15) is 30.5 Å². The van der Waals surface area contributed by atoms with Crippen molar-refractivity contribution in [3.8, 4) is 0 Å². The van der Waals surface area contributed by atoms with Gasteiger partial charge in [-0.25, -0.2) is 0 Å². The molecule has 3 aromatic rings. The molecule has 4 nitrogen and oxygen atoms in total. The zero-order valence-electron chi connectivity index (χ0n) is 20.6. The van der Waals surface area contributed by atoms with Gasteiger partial charge < -0.3 is 10.2 Å². The van der Waals surface area contributed by atoms with Crippen molar-refractivity contribution in [1.29, 1.82) is 0 Å². The minimum Gasteiger partial charge on any atom is -0.354 e. The van der Waals surface area contributed by atoms with E-state index < -0.39 is 6.04 Å². The molecule has 36 heavy (non-hydrogen) atoms. The third-order valence-electron chi connectivity index (χ3n) is 5.66. The molecule has 0 radical (unpaired) electrons. The largest absolute Gasteiger partial charge is 0.354 e. The summed E-state index contributed by atoms with van der Waals surface area (Å²) in [6.45, 7) is 5.03. The number of halogens is 2. The van der Waals surface area contributed by atoms with Crippen LogP contribution in [0.5, 0.6) is 0 Å². The molecular formula is C29H32BrClN2O2S. The maximum atomic E-state index is 13.6. The number of nitrogens with zero attached hydrogens (tertiary/aromatic N) is 1. The van der Waals surface area contributed by atoms with Gasteiger partial charge in [0.05, 0.1) is 5.75 Å². The van der Waals surface area contributed by atoms with E-state index in [1.165, 1.54) is 11.8 Å². The number of hydrogen-bond acceptors (Lipinski definition) is 3. The standard InChI is InChI=1S/C29H32BrClN2O2S/c1-21(2)17-32-29(35)27(16-22-8-4-3-5-9-22)33(18-23-12-14-25(30)15-13-23)28(34)20-36-19-24-10-6-7-11-26(24)31/h3-15,21,27H,16-20H2,1-2H3,(H,32,35)/t27-/m1/s1. The minimum atomic E-state index is -0.622. The van der Waals surface area contributed by atoms with Gasteiger partial charge in [0.2, 0.25) is 11.8 Å². The lowest BCUT2D eigenvalue weighted by molar-refractivity contribution is -0.139. The van der Waals surface area contributed by atoms with E-state index in [1.54, 1.807) is 4.90 Å². The van der Waals surface area contributed by atoms with Crippen molar-refractivity contribution in [2.75, 3.05) is 12.3 Å². The van der Waals surface area contributed by atoms with E-state index in [9.17, 15) is 9.59 Å². The summed E-state index contributed by atoms with van der Waals surface area (Å²) >= 11 is 11.3. The summed E-state index contributed by atoms with van der Waals surface area (Å²) < 4.78 is 0.968. The Balaban J connectivity index is 1.84. The summed E-state index contributed by atoms with van der Waals surface area (Å²) in [4.78, 5) is 28.8. The first-order valence-corrected chi connectivity index (χ1v) is 14.3. The van der Waals surface area contributed by atoms with Crippen molar-refractivity contribution >= 4 is 51.1 Å². The van der Waals surface area contributed by atoms with Crippen molar-refractivity contribution in [2.45, 2.75) is 38.6 Å². The van der Waals surface area contributed by atoms with Crippen molar-refractivity contribution < 1.29 is 9.59 Å². The number of thioether (sulfide) groups is 1. The van der Waals surface area contributed by atoms with Gasteiger partial charge in [0.25, 0.3) is 0 Å². The van der Waals surface area contributed by atoms with E-state index in [2.05, 4.69) is 35.1 Å². The lowest BCUT2D eigenvalue weighted by atomic mass is 10.0. The topological polar surface area (TPSA) is 49.4 Å². The van der Waals surface area contributed by atoms with Gasteiger partial charge >= 0.3 is 0 Å². The highest BCUT2D eigenvalue weighted by Gasteiger charge is 2.30.